The van der Waals surface area contributed by atoms with E-state index in [0.29, 0.717) is 0 Å². The summed E-state index contributed by atoms with van der Waals surface area (Å²) < 4.78 is 0. The first-order valence-corrected chi connectivity index (χ1v) is 22.6. The van der Waals surface area contributed by atoms with E-state index in [1.807, 2.05) is 0 Å². The Morgan fingerprint density at radius 3 is 2.09 bits per heavy atom. The van der Waals surface area contributed by atoms with Crippen LogP contribution in [0.15, 0.2) is 216 Å². The van der Waals surface area contributed by atoms with Crippen molar-refractivity contribution in [3.05, 3.63) is 228 Å². The van der Waals surface area contributed by atoms with Crippen LogP contribution < -0.4 is 15.7 Å². The molecular weight excluding hydrogens is 794 g/mol. The van der Waals surface area contributed by atoms with Gasteiger partial charge in [0.15, 0.2) is 7.28 Å². The lowest BCUT2D eigenvalue weighted by Crippen LogP contribution is -2.28. The maximum atomic E-state index is 4.76. The van der Waals surface area contributed by atoms with Gasteiger partial charge in [-0.2, -0.15) is 0 Å². The molecule has 2 heterocycles. The number of anilines is 3. The van der Waals surface area contributed by atoms with Gasteiger partial charge >= 0.3 is 0 Å². The molecule has 9 aromatic carbocycles. The molecule has 64 heavy (non-hydrogen) atoms. The number of nitrogens with one attached hydrogen (secondary N) is 2. The van der Waals surface area contributed by atoms with E-state index < -0.39 is 0 Å². The molecule has 0 saturated carbocycles. The Morgan fingerprint density at radius 2 is 1.28 bits per heavy atom. The number of aromatic amines is 1. The number of hydrogen-bond acceptors (Lipinski definition) is 3. The zero-order valence-electron chi connectivity index (χ0n) is 35.2. The van der Waals surface area contributed by atoms with Crippen LogP contribution in [-0.2, 0) is 6.42 Å². The molecule has 1 aliphatic carbocycles. The Kier molecular flexibility index (Phi) is 9.57. The minimum atomic E-state index is 0.815. The van der Waals surface area contributed by atoms with Crippen molar-refractivity contribution in [1.29, 1.82) is 0 Å². The highest BCUT2D eigenvalue weighted by molar-refractivity contribution is 7.80. The van der Waals surface area contributed by atoms with E-state index in [1.54, 1.807) is 0 Å². The van der Waals surface area contributed by atoms with E-state index in [0.717, 1.165) is 63.4 Å². The predicted molar refractivity (Wildman–Crippen MR) is 275 cm³/mol. The van der Waals surface area contributed by atoms with Crippen molar-refractivity contribution in [3.8, 4) is 33.4 Å². The predicted octanol–water partition coefficient (Wildman–Crippen LogP) is 14.9. The number of allylic oxidation sites excluding steroid dienone is 2. The van der Waals surface area contributed by atoms with Gasteiger partial charge in [0.1, 0.15) is 0 Å². The number of benzene rings is 9. The monoisotopic (exact) mass is 836 g/mol. The fraction of sp³-hybridized carbons (Fsp3) is 0.0508. The lowest BCUT2D eigenvalue weighted by Gasteiger charge is -2.31. The van der Waals surface area contributed by atoms with E-state index in [9.17, 15) is 0 Å². The molecule has 0 amide bonds. The van der Waals surface area contributed by atoms with Gasteiger partial charge in [-0.15, -0.1) is 12.6 Å². The number of H-pyrrole nitrogens is 1. The second kappa shape index (κ2) is 16.0. The quantitative estimate of drug-likeness (QED) is 0.110. The molecule has 1 aliphatic heterocycles. The van der Waals surface area contributed by atoms with E-state index in [2.05, 4.69) is 229 Å². The zero-order valence-corrected chi connectivity index (χ0v) is 36.1. The Morgan fingerprint density at radius 1 is 0.578 bits per heavy atom. The number of nitrogens with zero attached hydrogens (tertiary/aromatic N) is 1. The van der Waals surface area contributed by atoms with Crippen molar-refractivity contribution in [1.82, 2.24) is 4.98 Å². The van der Waals surface area contributed by atoms with Crippen LogP contribution in [0.4, 0.5) is 17.1 Å². The van der Waals surface area contributed by atoms with Gasteiger partial charge in [0.05, 0.1) is 5.52 Å². The van der Waals surface area contributed by atoms with Crippen LogP contribution in [-0.4, -0.2) is 12.3 Å². The molecule has 0 saturated heterocycles. The second-order valence-corrected chi connectivity index (χ2v) is 17.4. The molecule has 0 atom stereocenters. The smallest absolute Gasteiger partial charge is 0.189 e. The van der Waals surface area contributed by atoms with Crippen molar-refractivity contribution in [2.24, 2.45) is 0 Å². The molecule has 303 valence electrons. The summed E-state index contributed by atoms with van der Waals surface area (Å²) in [4.78, 5) is 7.33. The molecule has 0 fully saturated rings. The van der Waals surface area contributed by atoms with Crippen LogP contribution in [0.1, 0.15) is 29.5 Å². The normalized spacial score (nSPS) is 14.6. The van der Waals surface area contributed by atoms with E-state index in [4.69, 9.17) is 12.6 Å². The summed E-state index contributed by atoms with van der Waals surface area (Å²) in [5.74, 6) is 0. The van der Waals surface area contributed by atoms with Crippen LogP contribution in [0.5, 0.6) is 0 Å². The van der Waals surface area contributed by atoms with Crippen LogP contribution in [0, 0.1) is 0 Å². The molecule has 2 N–H and O–H groups in total. The molecule has 0 bridgehead atoms. The van der Waals surface area contributed by atoms with Gasteiger partial charge in [-0.3, -0.25) is 0 Å². The summed E-state index contributed by atoms with van der Waals surface area (Å²) in [6.45, 7) is 0. The highest BCUT2D eigenvalue weighted by atomic mass is 32.1. The second-order valence-electron chi connectivity index (χ2n) is 16.9. The van der Waals surface area contributed by atoms with E-state index in [1.165, 1.54) is 77.1 Å². The molecule has 10 aromatic rings. The van der Waals surface area contributed by atoms with Crippen molar-refractivity contribution < 1.29 is 0 Å². The van der Waals surface area contributed by atoms with Gasteiger partial charge < -0.3 is 15.2 Å². The fourth-order valence-electron chi connectivity index (χ4n) is 10.2. The average molecular weight is 837 g/mol. The third-order valence-corrected chi connectivity index (χ3v) is 13.4. The SMILES string of the molecule is Sc1ccc(N/C=C2\[B]c3c(-c4cccc5c4[nH]c4ccc6ccccc6c45)cc4c(c3/C=C(/N(c3ccccc3)c3ccccc3)CC2)-c2ccccc2C4)c(-c2ccccc2)c1. The highest BCUT2D eigenvalue weighted by Crippen LogP contribution is 2.45. The Hall–Kier alpha value is -7.47. The van der Waals surface area contributed by atoms with Gasteiger partial charge in [0.2, 0.25) is 0 Å². The summed E-state index contributed by atoms with van der Waals surface area (Å²) in [6.07, 6.45) is 7.27. The summed E-state index contributed by atoms with van der Waals surface area (Å²) in [5, 5.41) is 8.84. The first-order chi connectivity index (χ1) is 31.6. The Bertz CT molecular complexity index is 3440. The number of fused-ring (bicyclic) bond motifs is 10. The van der Waals surface area contributed by atoms with Crippen molar-refractivity contribution in [2.45, 2.75) is 24.2 Å². The summed E-state index contributed by atoms with van der Waals surface area (Å²) in [5.41, 5.74) is 20.6. The molecule has 12 rings (SSSR count). The molecule has 5 heteroatoms. The van der Waals surface area contributed by atoms with Gasteiger partial charge in [-0.25, -0.2) is 0 Å². The highest BCUT2D eigenvalue weighted by Gasteiger charge is 2.29. The number of para-hydroxylation sites is 3. The molecule has 1 radical (unpaired) electrons. The molecule has 3 nitrogen and oxygen atoms in total. The summed E-state index contributed by atoms with van der Waals surface area (Å²) in [7, 11) is 2.47. The molecule has 0 spiro atoms. The number of thiol groups is 1. The third kappa shape index (κ3) is 6.72. The van der Waals surface area contributed by atoms with E-state index in [-0.39, 0.29) is 0 Å². The van der Waals surface area contributed by atoms with Gasteiger partial charge in [0, 0.05) is 55.1 Å². The maximum absolute atomic E-state index is 4.76. The minimum absolute atomic E-state index is 0.815. The van der Waals surface area contributed by atoms with Gasteiger partial charge in [-0.05, 0) is 130 Å². The summed E-state index contributed by atoms with van der Waals surface area (Å²) >= 11 is 4.76. The van der Waals surface area contributed by atoms with Crippen LogP contribution in [0.25, 0.3) is 72.0 Å². The molecule has 1 aromatic heterocycles. The number of rotatable bonds is 7. The largest absolute Gasteiger partial charge is 0.362 e. The maximum Gasteiger partial charge on any atom is 0.189 e. The fourth-order valence-corrected chi connectivity index (χ4v) is 10.4. The topological polar surface area (TPSA) is 31.1 Å². The van der Waals surface area contributed by atoms with Crippen LogP contribution >= 0.6 is 12.6 Å². The van der Waals surface area contributed by atoms with Crippen molar-refractivity contribution in [3.63, 3.8) is 0 Å². The molecular formula is C59H43BN3S. The van der Waals surface area contributed by atoms with Gasteiger partial charge in [0.25, 0.3) is 0 Å². The first kappa shape index (κ1) is 38.2. The molecule has 0 unspecified atom stereocenters. The number of hydrogen-bond donors (Lipinski definition) is 3. The van der Waals surface area contributed by atoms with Crippen molar-refractivity contribution in [2.75, 3.05) is 10.2 Å². The lowest BCUT2D eigenvalue weighted by atomic mass is 9.57. The Balaban J connectivity index is 1.12. The standard InChI is InChI=1S/C59H43BN3S/c64-46-30-32-54(51(36-46)38-15-4-1-5-16-38)61-37-42-28-29-45(63(43-19-6-2-7-20-43)44-21-8-3-9-22-44)35-53-56-41(33-40-18-11-13-24-48(40)56)34-52(58(53)60-42)49-25-14-26-50-57-47-23-12-10-17-39(47)27-31-55(57)62-59(49)50/h1-27,30-32,34-37,61-62,64H,28-29,33H2/b42-37-,45-35+. The minimum Gasteiger partial charge on any atom is -0.362 e. The van der Waals surface area contributed by atoms with Crippen molar-refractivity contribution >= 4 is 81.1 Å². The Labute approximate surface area is 380 Å². The van der Waals surface area contributed by atoms with E-state index >= 15 is 0 Å². The lowest BCUT2D eigenvalue weighted by molar-refractivity contribution is 0.926. The van der Waals surface area contributed by atoms with Crippen LogP contribution in [0.3, 0.4) is 0 Å². The number of aromatic nitrogens is 1. The molecule has 2 aliphatic rings. The third-order valence-electron chi connectivity index (χ3n) is 13.1. The van der Waals surface area contributed by atoms with Crippen LogP contribution in [0.2, 0.25) is 0 Å². The first-order valence-electron chi connectivity index (χ1n) is 22.1. The average Bonchev–Trinajstić information content (AvgIpc) is 3.92. The summed E-state index contributed by atoms with van der Waals surface area (Å²) in [6, 6.07) is 70.1. The van der Waals surface area contributed by atoms with Gasteiger partial charge in [-0.1, -0.05) is 157 Å². The zero-order chi connectivity index (χ0) is 42.6.